The third-order valence-electron chi connectivity index (χ3n) is 5.56. The van der Waals surface area contributed by atoms with Crippen LogP contribution in [-0.4, -0.2) is 48.7 Å². The van der Waals surface area contributed by atoms with Crippen molar-refractivity contribution in [1.82, 2.24) is 9.55 Å². The molecule has 1 fully saturated rings. The number of hydrogen-bond donors (Lipinski definition) is 2. The van der Waals surface area contributed by atoms with Crippen LogP contribution in [0.15, 0.2) is 53.3 Å². The van der Waals surface area contributed by atoms with Gasteiger partial charge in [0, 0.05) is 0 Å². The molecule has 4 rings (SSSR count). The predicted molar refractivity (Wildman–Crippen MR) is 115 cm³/mol. The van der Waals surface area contributed by atoms with E-state index < -0.39 is 5.91 Å². The molecule has 3 aromatic rings. The number of hydrogen-bond acceptors (Lipinski definition) is 5. The number of quaternary nitrogens is 1. The van der Waals surface area contributed by atoms with E-state index in [1.807, 2.05) is 30.3 Å². The summed E-state index contributed by atoms with van der Waals surface area (Å²) in [6.45, 7) is 3.90. The van der Waals surface area contributed by atoms with Crippen molar-refractivity contribution in [3.05, 3.63) is 64.7 Å². The van der Waals surface area contributed by atoms with Crippen molar-refractivity contribution in [3.8, 4) is 5.75 Å². The number of benzene rings is 2. The molecule has 2 aromatic carbocycles. The van der Waals surface area contributed by atoms with E-state index in [1.165, 1.54) is 9.47 Å². The molecule has 3 N–H and O–H groups in total. The number of piperazine rings is 1. The van der Waals surface area contributed by atoms with Gasteiger partial charge in [0.1, 0.15) is 18.8 Å². The number of carbonyl (C=O) groups excluding carboxylic acids is 1. The van der Waals surface area contributed by atoms with Crippen LogP contribution in [-0.2, 0) is 17.9 Å². The Labute approximate surface area is 174 Å². The van der Waals surface area contributed by atoms with Crippen LogP contribution in [0.2, 0.25) is 0 Å². The van der Waals surface area contributed by atoms with Gasteiger partial charge in [-0.15, -0.1) is 0 Å². The Bertz CT molecular complexity index is 1120. The maximum Gasteiger partial charge on any atom is 0.262 e. The molecule has 0 spiro atoms. The lowest BCUT2D eigenvalue weighted by Crippen LogP contribution is -3.13. The molecular formula is C22H26N5O3+. The average Bonchev–Trinajstić information content (AvgIpc) is 2.77. The monoisotopic (exact) mass is 408 g/mol. The molecule has 0 bridgehead atoms. The van der Waals surface area contributed by atoms with Gasteiger partial charge in [0.05, 0.1) is 49.9 Å². The smallest absolute Gasteiger partial charge is 0.262 e. The maximum absolute atomic E-state index is 12.9. The summed E-state index contributed by atoms with van der Waals surface area (Å²) in [5, 5.41) is 0.499. The summed E-state index contributed by atoms with van der Waals surface area (Å²) in [6, 6.07) is 15.2. The minimum atomic E-state index is -0.550. The molecular weight excluding hydrogens is 382 g/mol. The molecule has 2 heterocycles. The Kier molecular flexibility index (Phi) is 5.67. The molecule has 0 radical (unpaired) electrons. The van der Waals surface area contributed by atoms with Gasteiger partial charge in [0.15, 0.2) is 5.82 Å². The van der Waals surface area contributed by atoms with Gasteiger partial charge in [-0.1, -0.05) is 24.3 Å². The molecule has 0 aliphatic carbocycles. The summed E-state index contributed by atoms with van der Waals surface area (Å²) in [7, 11) is 1.68. The van der Waals surface area contributed by atoms with Gasteiger partial charge >= 0.3 is 0 Å². The van der Waals surface area contributed by atoms with Crippen molar-refractivity contribution in [2.24, 2.45) is 5.73 Å². The third-order valence-corrected chi connectivity index (χ3v) is 5.56. The summed E-state index contributed by atoms with van der Waals surface area (Å²) in [5.74, 6) is 0.914. The largest absolute Gasteiger partial charge is 0.495 e. The molecule has 30 heavy (non-hydrogen) atoms. The normalized spacial score (nSPS) is 14.8. The average molecular weight is 408 g/mol. The number of primary amides is 1. The zero-order valence-corrected chi connectivity index (χ0v) is 17.0. The second kappa shape index (κ2) is 8.54. The number of amides is 1. The van der Waals surface area contributed by atoms with Crippen LogP contribution in [0.25, 0.3) is 10.9 Å². The molecule has 8 nitrogen and oxygen atoms in total. The number of rotatable bonds is 6. The van der Waals surface area contributed by atoms with E-state index in [1.54, 1.807) is 19.2 Å². The van der Waals surface area contributed by atoms with Crippen LogP contribution < -0.4 is 25.8 Å². The Hall–Kier alpha value is -3.39. The van der Waals surface area contributed by atoms with E-state index in [0.717, 1.165) is 37.6 Å². The summed E-state index contributed by atoms with van der Waals surface area (Å²) < 4.78 is 6.91. The molecule has 0 unspecified atom stereocenters. The van der Waals surface area contributed by atoms with Crippen molar-refractivity contribution in [2.75, 3.05) is 38.2 Å². The first-order valence-electron chi connectivity index (χ1n) is 10.0. The molecule has 1 aliphatic rings. The summed E-state index contributed by atoms with van der Waals surface area (Å²) in [6.07, 6.45) is 0. The standard InChI is InChI=1S/C22H25N5O3/c1-30-19-9-5-4-8-18(19)26-12-10-25(11-13-26)15-21-24-17-7-3-2-6-16(17)22(29)27(21)14-20(23)28/h2-9H,10-15H2,1H3,(H2,23,28)/p+1. The van der Waals surface area contributed by atoms with Crippen LogP contribution in [0.3, 0.4) is 0 Å². The van der Waals surface area contributed by atoms with E-state index in [2.05, 4.69) is 16.0 Å². The predicted octanol–water partition coefficient (Wildman–Crippen LogP) is -0.204. The number of carbonyl (C=O) groups is 1. The molecule has 1 amide bonds. The second-order valence-corrected chi connectivity index (χ2v) is 7.49. The van der Waals surface area contributed by atoms with Crippen LogP contribution in [0.5, 0.6) is 5.75 Å². The molecule has 1 saturated heterocycles. The number of nitrogens with two attached hydrogens (primary N) is 1. The van der Waals surface area contributed by atoms with Gasteiger partial charge in [-0.3, -0.25) is 14.2 Å². The van der Waals surface area contributed by atoms with Crippen LogP contribution >= 0.6 is 0 Å². The Morgan fingerprint density at radius 2 is 1.83 bits per heavy atom. The summed E-state index contributed by atoms with van der Waals surface area (Å²) >= 11 is 0. The van der Waals surface area contributed by atoms with Gasteiger partial charge in [0.25, 0.3) is 5.56 Å². The number of anilines is 1. The highest BCUT2D eigenvalue weighted by Crippen LogP contribution is 2.27. The molecule has 0 saturated carbocycles. The van der Waals surface area contributed by atoms with E-state index >= 15 is 0 Å². The number of methoxy groups -OCH3 is 1. The Morgan fingerprint density at radius 3 is 2.57 bits per heavy atom. The highest BCUT2D eigenvalue weighted by Gasteiger charge is 2.24. The van der Waals surface area contributed by atoms with Gasteiger partial charge in [-0.2, -0.15) is 0 Å². The molecule has 156 valence electrons. The van der Waals surface area contributed by atoms with Gasteiger partial charge < -0.3 is 20.3 Å². The van der Waals surface area contributed by atoms with Crippen LogP contribution in [0, 0.1) is 0 Å². The quantitative estimate of drug-likeness (QED) is 0.589. The highest BCUT2D eigenvalue weighted by atomic mass is 16.5. The van der Waals surface area contributed by atoms with E-state index in [9.17, 15) is 9.59 Å². The Morgan fingerprint density at radius 1 is 1.13 bits per heavy atom. The SMILES string of the molecule is COc1ccccc1N1CC[NH+](Cc2nc3ccccc3c(=O)n2CC(N)=O)CC1. The van der Waals surface area contributed by atoms with Crippen molar-refractivity contribution < 1.29 is 14.4 Å². The topological polar surface area (TPSA) is 94.9 Å². The minimum Gasteiger partial charge on any atom is -0.495 e. The molecule has 0 atom stereocenters. The molecule has 1 aliphatic heterocycles. The zero-order valence-electron chi connectivity index (χ0n) is 17.0. The van der Waals surface area contributed by atoms with Crippen LogP contribution in [0.4, 0.5) is 5.69 Å². The zero-order chi connectivity index (χ0) is 21.1. The van der Waals surface area contributed by atoms with Crippen molar-refractivity contribution in [1.29, 1.82) is 0 Å². The van der Waals surface area contributed by atoms with E-state index in [0.29, 0.717) is 23.3 Å². The fourth-order valence-corrected chi connectivity index (χ4v) is 4.02. The second-order valence-electron chi connectivity index (χ2n) is 7.49. The fraction of sp³-hybridized carbons (Fsp3) is 0.318. The lowest BCUT2D eigenvalue weighted by atomic mass is 10.2. The lowest BCUT2D eigenvalue weighted by Gasteiger charge is -2.34. The van der Waals surface area contributed by atoms with Gasteiger partial charge in [-0.05, 0) is 24.3 Å². The first kappa shape index (κ1) is 19.9. The van der Waals surface area contributed by atoms with Crippen LogP contribution in [0.1, 0.15) is 5.82 Å². The first-order valence-corrected chi connectivity index (χ1v) is 10.0. The molecule has 8 heteroatoms. The number of fused-ring (bicyclic) bond motifs is 1. The summed E-state index contributed by atoms with van der Waals surface area (Å²) in [5.41, 5.74) is 6.91. The minimum absolute atomic E-state index is 0.160. The highest BCUT2D eigenvalue weighted by molar-refractivity contribution is 5.78. The van der Waals surface area contributed by atoms with E-state index in [-0.39, 0.29) is 12.1 Å². The van der Waals surface area contributed by atoms with Crippen molar-refractivity contribution in [3.63, 3.8) is 0 Å². The number of ether oxygens (including phenoxy) is 1. The van der Waals surface area contributed by atoms with Crippen molar-refractivity contribution >= 4 is 22.5 Å². The third kappa shape index (κ3) is 3.99. The lowest BCUT2D eigenvalue weighted by molar-refractivity contribution is -0.915. The number of para-hydroxylation sites is 3. The van der Waals surface area contributed by atoms with Gasteiger partial charge in [-0.25, -0.2) is 4.98 Å². The fourth-order valence-electron chi connectivity index (χ4n) is 4.02. The number of nitrogens with zero attached hydrogens (tertiary/aromatic N) is 3. The van der Waals surface area contributed by atoms with E-state index in [4.69, 9.17) is 10.5 Å². The van der Waals surface area contributed by atoms with Crippen molar-refractivity contribution in [2.45, 2.75) is 13.1 Å². The van der Waals surface area contributed by atoms with Gasteiger partial charge in [0.2, 0.25) is 5.91 Å². The number of aromatic nitrogens is 2. The first-order chi connectivity index (χ1) is 14.6. The summed E-state index contributed by atoms with van der Waals surface area (Å²) in [4.78, 5) is 32.8. The molecule has 1 aromatic heterocycles. The number of nitrogens with one attached hydrogen (secondary N) is 1. The Balaban J connectivity index is 1.55. The maximum atomic E-state index is 12.9.